The molecule has 0 saturated carbocycles. The lowest BCUT2D eigenvalue weighted by atomic mass is 10.1. The van der Waals surface area contributed by atoms with E-state index in [0.717, 1.165) is 24.7 Å². The standard InChI is InChI=1S/C13H13FN4/c14-11-7-16-13(15)18-12(11)17-10-5-4-8-2-1-3-9(8)6-10/h4-7H,1-3H2,(H3,15,16,17,18). The average molecular weight is 244 g/mol. The van der Waals surface area contributed by atoms with E-state index in [1.807, 2.05) is 12.1 Å². The van der Waals surface area contributed by atoms with Crippen molar-refractivity contribution in [1.82, 2.24) is 9.97 Å². The first-order chi connectivity index (χ1) is 8.72. The van der Waals surface area contributed by atoms with Crippen LogP contribution in [0.3, 0.4) is 0 Å². The van der Waals surface area contributed by atoms with Gasteiger partial charge in [-0.2, -0.15) is 4.98 Å². The SMILES string of the molecule is Nc1ncc(F)c(Nc2ccc3c(c2)CCC3)n1. The molecule has 3 rings (SSSR count). The van der Waals surface area contributed by atoms with Gasteiger partial charge in [-0.05, 0) is 42.5 Å². The number of aromatic nitrogens is 2. The maximum absolute atomic E-state index is 13.5. The molecule has 0 radical (unpaired) electrons. The van der Waals surface area contributed by atoms with Crippen LogP contribution in [0.15, 0.2) is 24.4 Å². The number of nitrogen functional groups attached to an aromatic ring is 1. The number of nitrogens with zero attached hydrogens (tertiary/aromatic N) is 2. The summed E-state index contributed by atoms with van der Waals surface area (Å²) in [7, 11) is 0. The van der Waals surface area contributed by atoms with Gasteiger partial charge in [0.25, 0.3) is 0 Å². The zero-order chi connectivity index (χ0) is 12.5. The summed E-state index contributed by atoms with van der Waals surface area (Å²) < 4.78 is 13.5. The Morgan fingerprint density at radius 2 is 2.06 bits per heavy atom. The second kappa shape index (κ2) is 4.25. The maximum Gasteiger partial charge on any atom is 0.222 e. The Kier molecular flexibility index (Phi) is 2.59. The molecule has 92 valence electrons. The van der Waals surface area contributed by atoms with Gasteiger partial charge in [-0.1, -0.05) is 6.07 Å². The minimum absolute atomic E-state index is 0.0556. The first kappa shape index (κ1) is 11.0. The second-order valence-electron chi connectivity index (χ2n) is 4.39. The lowest BCUT2D eigenvalue weighted by Gasteiger charge is -2.08. The average Bonchev–Trinajstić information content (AvgIpc) is 2.81. The molecule has 1 aromatic heterocycles. The van der Waals surface area contributed by atoms with Crippen molar-refractivity contribution in [3.05, 3.63) is 41.3 Å². The third-order valence-electron chi connectivity index (χ3n) is 3.12. The molecule has 4 nitrogen and oxygen atoms in total. The van der Waals surface area contributed by atoms with Crippen molar-refractivity contribution in [3.63, 3.8) is 0 Å². The fourth-order valence-corrected chi connectivity index (χ4v) is 2.25. The van der Waals surface area contributed by atoms with E-state index in [1.165, 1.54) is 17.5 Å². The van der Waals surface area contributed by atoms with Crippen LogP contribution in [0.4, 0.5) is 21.8 Å². The molecule has 18 heavy (non-hydrogen) atoms. The third kappa shape index (κ3) is 1.99. The first-order valence-electron chi connectivity index (χ1n) is 5.89. The Labute approximate surface area is 104 Å². The number of halogens is 1. The molecule has 0 saturated heterocycles. The first-order valence-corrected chi connectivity index (χ1v) is 5.89. The molecular weight excluding hydrogens is 231 g/mol. The molecule has 1 aromatic carbocycles. The van der Waals surface area contributed by atoms with E-state index in [9.17, 15) is 4.39 Å². The minimum atomic E-state index is -0.510. The Bertz CT molecular complexity index is 598. The van der Waals surface area contributed by atoms with E-state index in [2.05, 4.69) is 21.4 Å². The molecule has 1 heterocycles. The highest BCUT2D eigenvalue weighted by molar-refractivity contribution is 5.59. The molecular formula is C13H13FN4. The van der Waals surface area contributed by atoms with E-state index < -0.39 is 5.82 Å². The Morgan fingerprint density at radius 1 is 1.22 bits per heavy atom. The van der Waals surface area contributed by atoms with Crippen LogP contribution in [0.2, 0.25) is 0 Å². The molecule has 3 N–H and O–H groups in total. The molecule has 0 fully saturated rings. The predicted octanol–water partition coefficient (Wildman–Crippen LogP) is 2.43. The number of nitrogens with one attached hydrogen (secondary N) is 1. The molecule has 1 aliphatic carbocycles. The van der Waals surface area contributed by atoms with Crippen LogP contribution >= 0.6 is 0 Å². The minimum Gasteiger partial charge on any atom is -0.368 e. The molecule has 0 spiro atoms. The number of nitrogens with two attached hydrogens (primary N) is 1. The van der Waals surface area contributed by atoms with Crippen molar-refractivity contribution >= 4 is 17.5 Å². The fourth-order valence-electron chi connectivity index (χ4n) is 2.25. The smallest absolute Gasteiger partial charge is 0.222 e. The maximum atomic E-state index is 13.5. The summed E-state index contributed by atoms with van der Waals surface area (Å²) >= 11 is 0. The van der Waals surface area contributed by atoms with Gasteiger partial charge in [-0.25, -0.2) is 9.37 Å². The largest absolute Gasteiger partial charge is 0.368 e. The number of rotatable bonds is 2. The quantitative estimate of drug-likeness (QED) is 0.851. The summed E-state index contributed by atoms with van der Waals surface area (Å²) in [5.41, 5.74) is 8.97. The van der Waals surface area contributed by atoms with E-state index in [0.29, 0.717) is 0 Å². The summed E-state index contributed by atoms with van der Waals surface area (Å²) in [6.45, 7) is 0. The molecule has 2 aromatic rings. The van der Waals surface area contributed by atoms with Crippen molar-refractivity contribution in [3.8, 4) is 0 Å². The lowest BCUT2D eigenvalue weighted by molar-refractivity contribution is 0.620. The predicted molar refractivity (Wildman–Crippen MR) is 68.2 cm³/mol. The zero-order valence-electron chi connectivity index (χ0n) is 9.78. The number of hydrogen-bond acceptors (Lipinski definition) is 4. The molecule has 1 aliphatic rings. The fraction of sp³-hybridized carbons (Fsp3) is 0.231. The summed E-state index contributed by atoms with van der Waals surface area (Å²) in [4.78, 5) is 7.43. The highest BCUT2D eigenvalue weighted by atomic mass is 19.1. The van der Waals surface area contributed by atoms with Gasteiger partial charge in [0, 0.05) is 5.69 Å². The van der Waals surface area contributed by atoms with Crippen LogP contribution in [0, 0.1) is 5.82 Å². The summed E-state index contributed by atoms with van der Waals surface area (Å²) in [5, 5.41) is 2.94. The molecule has 0 amide bonds. The summed E-state index contributed by atoms with van der Waals surface area (Å²) in [6.07, 6.45) is 4.47. The van der Waals surface area contributed by atoms with Gasteiger partial charge in [-0.3, -0.25) is 0 Å². The van der Waals surface area contributed by atoms with Crippen molar-refractivity contribution in [1.29, 1.82) is 0 Å². The number of benzene rings is 1. The number of anilines is 3. The van der Waals surface area contributed by atoms with Gasteiger partial charge in [-0.15, -0.1) is 0 Å². The van der Waals surface area contributed by atoms with Gasteiger partial charge < -0.3 is 11.1 Å². The van der Waals surface area contributed by atoms with Crippen LogP contribution in [-0.4, -0.2) is 9.97 Å². The second-order valence-corrected chi connectivity index (χ2v) is 4.39. The van der Waals surface area contributed by atoms with E-state index in [-0.39, 0.29) is 11.8 Å². The van der Waals surface area contributed by atoms with Crippen molar-refractivity contribution in [2.75, 3.05) is 11.1 Å². The van der Waals surface area contributed by atoms with Gasteiger partial charge >= 0.3 is 0 Å². The summed E-state index contributed by atoms with van der Waals surface area (Å²) in [6, 6.07) is 6.05. The normalized spacial score (nSPS) is 13.4. The molecule has 0 atom stereocenters. The highest BCUT2D eigenvalue weighted by Gasteiger charge is 2.12. The van der Waals surface area contributed by atoms with E-state index >= 15 is 0 Å². The summed E-state index contributed by atoms with van der Waals surface area (Å²) in [5.74, 6) is -0.342. The molecule has 0 bridgehead atoms. The van der Waals surface area contributed by atoms with Crippen LogP contribution in [0.1, 0.15) is 17.5 Å². The number of hydrogen-bond donors (Lipinski definition) is 2. The van der Waals surface area contributed by atoms with Gasteiger partial charge in [0.2, 0.25) is 5.95 Å². The third-order valence-corrected chi connectivity index (χ3v) is 3.12. The van der Waals surface area contributed by atoms with Crippen molar-refractivity contribution in [2.45, 2.75) is 19.3 Å². The van der Waals surface area contributed by atoms with Crippen LogP contribution < -0.4 is 11.1 Å². The molecule has 0 unspecified atom stereocenters. The van der Waals surface area contributed by atoms with Crippen LogP contribution in [0.5, 0.6) is 0 Å². The van der Waals surface area contributed by atoms with Gasteiger partial charge in [0.05, 0.1) is 6.20 Å². The number of aryl methyl sites for hydroxylation is 2. The lowest BCUT2D eigenvalue weighted by Crippen LogP contribution is -2.02. The molecule has 5 heteroatoms. The number of fused-ring (bicyclic) bond motifs is 1. The van der Waals surface area contributed by atoms with Crippen molar-refractivity contribution in [2.24, 2.45) is 0 Å². The van der Waals surface area contributed by atoms with Crippen LogP contribution in [-0.2, 0) is 12.8 Å². The highest BCUT2D eigenvalue weighted by Crippen LogP contribution is 2.26. The van der Waals surface area contributed by atoms with Gasteiger partial charge in [0.15, 0.2) is 11.6 Å². The monoisotopic (exact) mass is 244 g/mol. The Hall–Kier alpha value is -2.17. The van der Waals surface area contributed by atoms with E-state index in [1.54, 1.807) is 0 Å². The zero-order valence-corrected chi connectivity index (χ0v) is 9.78. The Balaban J connectivity index is 1.90. The van der Waals surface area contributed by atoms with Crippen LogP contribution in [0.25, 0.3) is 0 Å². The Morgan fingerprint density at radius 3 is 2.94 bits per heavy atom. The topological polar surface area (TPSA) is 63.8 Å². The van der Waals surface area contributed by atoms with E-state index in [4.69, 9.17) is 5.73 Å². The molecule has 0 aliphatic heterocycles. The van der Waals surface area contributed by atoms with Crippen molar-refractivity contribution < 1.29 is 4.39 Å². The van der Waals surface area contributed by atoms with Gasteiger partial charge in [0.1, 0.15) is 0 Å².